The van der Waals surface area contributed by atoms with E-state index in [-0.39, 0.29) is 11.2 Å². The number of thioether (sulfide) groups is 1. The number of hydrogen-bond donors (Lipinski definition) is 1. The summed E-state index contributed by atoms with van der Waals surface area (Å²) in [5.41, 5.74) is 3.21. The first kappa shape index (κ1) is 16.5. The van der Waals surface area contributed by atoms with Gasteiger partial charge in [-0.3, -0.25) is 4.79 Å². The largest absolute Gasteiger partial charge is 0.355 e. The van der Waals surface area contributed by atoms with Crippen LogP contribution in [0.2, 0.25) is 0 Å². The van der Waals surface area contributed by atoms with Gasteiger partial charge in [-0.15, -0.1) is 5.10 Å². The smallest absolute Gasteiger partial charge is 0.233 e. The van der Waals surface area contributed by atoms with E-state index in [1.807, 2.05) is 39.8 Å². The third-order valence-corrected chi connectivity index (χ3v) is 4.13. The Morgan fingerprint density at radius 1 is 1.32 bits per heavy atom. The minimum absolute atomic E-state index is 0.00169. The molecule has 118 valence electrons. The molecule has 0 fully saturated rings. The van der Waals surface area contributed by atoms with E-state index in [2.05, 4.69) is 26.9 Å². The highest BCUT2D eigenvalue weighted by Crippen LogP contribution is 2.23. The maximum atomic E-state index is 12.0. The molecule has 22 heavy (non-hydrogen) atoms. The molecular formula is C15H21N5OS. The fourth-order valence-electron chi connectivity index (χ4n) is 2.09. The Hall–Kier alpha value is -1.89. The topological polar surface area (TPSA) is 72.7 Å². The lowest BCUT2D eigenvalue weighted by Gasteiger charge is -2.11. The predicted molar refractivity (Wildman–Crippen MR) is 87.2 cm³/mol. The monoisotopic (exact) mass is 319 g/mol. The van der Waals surface area contributed by atoms with Crippen molar-refractivity contribution in [2.45, 2.75) is 44.5 Å². The summed E-state index contributed by atoms with van der Waals surface area (Å²) >= 11 is 1.36. The molecule has 0 aliphatic rings. The lowest BCUT2D eigenvalue weighted by atomic mass is 10.1. The average molecular weight is 319 g/mol. The zero-order valence-corrected chi connectivity index (χ0v) is 14.1. The summed E-state index contributed by atoms with van der Waals surface area (Å²) in [7, 11) is 0. The first-order valence-electron chi connectivity index (χ1n) is 7.32. The number of aromatic nitrogens is 4. The number of nitrogens with zero attached hydrogens (tertiary/aromatic N) is 4. The molecule has 1 N–H and O–H groups in total. The number of benzene rings is 1. The van der Waals surface area contributed by atoms with E-state index in [4.69, 9.17) is 0 Å². The van der Waals surface area contributed by atoms with Gasteiger partial charge in [-0.25, -0.2) is 0 Å². The van der Waals surface area contributed by atoms with E-state index in [1.54, 1.807) is 4.68 Å². The van der Waals surface area contributed by atoms with Gasteiger partial charge in [-0.05, 0) is 60.9 Å². The minimum Gasteiger partial charge on any atom is -0.355 e. The number of tetrazole rings is 1. The molecule has 0 saturated carbocycles. The molecule has 1 atom stereocenters. The number of amides is 1. The molecule has 6 nitrogen and oxygen atoms in total. The van der Waals surface area contributed by atoms with E-state index < -0.39 is 0 Å². The van der Waals surface area contributed by atoms with Gasteiger partial charge in [0.15, 0.2) is 0 Å². The van der Waals surface area contributed by atoms with Crippen LogP contribution in [-0.4, -0.2) is 37.9 Å². The summed E-state index contributed by atoms with van der Waals surface area (Å²) in [6, 6.07) is 6.14. The van der Waals surface area contributed by atoms with Crippen LogP contribution in [0.25, 0.3) is 5.69 Å². The molecule has 1 aromatic carbocycles. The van der Waals surface area contributed by atoms with Crippen LogP contribution >= 0.6 is 11.8 Å². The Morgan fingerprint density at radius 3 is 2.64 bits per heavy atom. The minimum atomic E-state index is -0.248. The third kappa shape index (κ3) is 4.07. The second kappa shape index (κ2) is 7.40. The Kier molecular flexibility index (Phi) is 5.54. The maximum absolute atomic E-state index is 12.0. The van der Waals surface area contributed by atoms with Crippen molar-refractivity contribution in [2.75, 3.05) is 6.54 Å². The number of carbonyl (C=O) groups is 1. The Balaban J connectivity index is 2.17. The molecule has 1 heterocycles. The molecule has 0 aliphatic carbocycles. The third-order valence-electron chi connectivity index (χ3n) is 3.09. The van der Waals surface area contributed by atoms with Crippen molar-refractivity contribution in [2.24, 2.45) is 0 Å². The van der Waals surface area contributed by atoms with Crippen LogP contribution in [0.1, 0.15) is 31.4 Å². The van der Waals surface area contributed by atoms with E-state index in [9.17, 15) is 4.79 Å². The number of carbonyl (C=O) groups excluding carboxylic acids is 1. The van der Waals surface area contributed by atoms with Gasteiger partial charge >= 0.3 is 0 Å². The van der Waals surface area contributed by atoms with Gasteiger partial charge in [0.2, 0.25) is 11.1 Å². The first-order chi connectivity index (χ1) is 10.5. The van der Waals surface area contributed by atoms with Gasteiger partial charge in [0, 0.05) is 6.54 Å². The molecule has 1 aromatic heterocycles. The molecule has 2 rings (SSSR count). The zero-order chi connectivity index (χ0) is 16.1. The number of hydrogen-bond acceptors (Lipinski definition) is 5. The fraction of sp³-hybridized carbons (Fsp3) is 0.467. The molecule has 0 saturated heterocycles. The van der Waals surface area contributed by atoms with Crippen LogP contribution in [-0.2, 0) is 4.79 Å². The molecule has 2 aromatic rings. The quantitative estimate of drug-likeness (QED) is 0.827. The van der Waals surface area contributed by atoms with Crippen molar-refractivity contribution >= 4 is 17.7 Å². The molecule has 0 spiro atoms. The average Bonchev–Trinajstić information content (AvgIpc) is 2.91. The summed E-state index contributed by atoms with van der Waals surface area (Å²) in [5.74, 6) is 0.00169. The lowest BCUT2D eigenvalue weighted by molar-refractivity contribution is -0.120. The van der Waals surface area contributed by atoms with Crippen molar-refractivity contribution in [3.63, 3.8) is 0 Å². The Morgan fingerprint density at radius 2 is 2.00 bits per heavy atom. The predicted octanol–water partition coefficient (Wildman–Crippen LogP) is 2.29. The van der Waals surface area contributed by atoms with Crippen LogP contribution in [0.5, 0.6) is 0 Å². The molecular weight excluding hydrogens is 298 g/mol. The van der Waals surface area contributed by atoms with E-state index in [0.717, 1.165) is 23.2 Å². The van der Waals surface area contributed by atoms with Crippen molar-refractivity contribution in [1.29, 1.82) is 0 Å². The highest BCUT2D eigenvalue weighted by molar-refractivity contribution is 8.00. The highest BCUT2D eigenvalue weighted by atomic mass is 32.2. The molecule has 7 heteroatoms. The standard InChI is InChI=1S/C15H21N5OS/c1-5-6-16-14(21)12(4)22-15-17-18-19-20(15)13-8-10(2)7-11(3)9-13/h7-9,12H,5-6H2,1-4H3,(H,16,21)/t12-/m1/s1. The summed E-state index contributed by atoms with van der Waals surface area (Å²) in [4.78, 5) is 12.0. The van der Waals surface area contributed by atoms with Crippen LogP contribution in [0.3, 0.4) is 0 Å². The molecule has 0 radical (unpaired) electrons. The van der Waals surface area contributed by atoms with Crippen molar-refractivity contribution in [1.82, 2.24) is 25.5 Å². The van der Waals surface area contributed by atoms with Crippen LogP contribution in [0, 0.1) is 13.8 Å². The molecule has 0 aliphatic heterocycles. The Bertz CT molecular complexity index is 635. The van der Waals surface area contributed by atoms with Crippen molar-refractivity contribution in [3.05, 3.63) is 29.3 Å². The van der Waals surface area contributed by atoms with Gasteiger partial charge < -0.3 is 5.32 Å². The number of aryl methyl sites for hydroxylation is 2. The fourth-order valence-corrected chi connectivity index (χ4v) is 2.92. The summed E-state index contributed by atoms with van der Waals surface area (Å²) in [6.45, 7) is 8.64. The van der Waals surface area contributed by atoms with E-state index in [1.165, 1.54) is 11.8 Å². The van der Waals surface area contributed by atoms with Crippen molar-refractivity contribution < 1.29 is 4.79 Å². The number of nitrogens with one attached hydrogen (secondary N) is 1. The highest BCUT2D eigenvalue weighted by Gasteiger charge is 2.18. The van der Waals surface area contributed by atoms with Gasteiger partial charge in [-0.2, -0.15) is 4.68 Å². The van der Waals surface area contributed by atoms with Gasteiger partial charge in [0.25, 0.3) is 0 Å². The molecule has 0 bridgehead atoms. The summed E-state index contributed by atoms with van der Waals surface area (Å²) in [5, 5.41) is 15.1. The Labute approximate surface area is 134 Å². The second-order valence-corrected chi connectivity index (χ2v) is 6.58. The van der Waals surface area contributed by atoms with Gasteiger partial charge in [0.1, 0.15) is 0 Å². The van der Waals surface area contributed by atoms with Crippen LogP contribution in [0.4, 0.5) is 0 Å². The zero-order valence-electron chi connectivity index (χ0n) is 13.3. The van der Waals surface area contributed by atoms with Gasteiger partial charge in [-0.1, -0.05) is 24.8 Å². The molecule has 1 amide bonds. The van der Waals surface area contributed by atoms with Crippen LogP contribution < -0.4 is 5.32 Å². The van der Waals surface area contributed by atoms with Gasteiger partial charge in [0.05, 0.1) is 10.9 Å². The van der Waals surface area contributed by atoms with E-state index >= 15 is 0 Å². The van der Waals surface area contributed by atoms with E-state index in [0.29, 0.717) is 11.7 Å². The second-order valence-electron chi connectivity index (χ2n) is 5.27. The lowest BCUT2D eigenvalue weighted by Crippen LogP contribution is -2.31. The summed E-state index contributed by atoms with van der Waals surface area (Å²) in [6.07, 6.45) is 0.920. The van der Waals surface area contributed by atoms with Crippen molar-refractivity contribution in [3.8, 4) is 5.69 Å². The van der Waals surface area contributed by atoms with Crippen LogP contribution in [0.15, 0.2) is 23.4 Å². The normalized spacial score (nSPS) is 12.2. The maximum Gasteiger partial charge on any atom is 0.233 e. The number of rotatable bonds is 6. The first-order valence-corrected chi connectivity index (χ1v) is 8.20. The summed E-state index contributed by atoms with van der Waals surface area (Å²) < 4.78 is 1.67. The SMILES string of the molecule is CCCNC(=O)[C@@H](C)Sc1nnnn1-c1cc(C)cc(C)c1. The molecule has 0 unspecified atom stereocenters.